The number of hydrogen-bond donors (Lipinski definition) is 1. The Balaban J connectivity index is 1.95. The topological polar surface area (TPSA) is 39.1 Å². The van der Waals surface area contributed by atoms with E-state index in [1.165, 1.54) is 25.8 Å². The molecule has 18 heavy (non-hydrogen) atoms. The second-order valence-electron chi connectivity index (χ2n) is 5.15. The van der Waals surface area contributed by atoms with E-state index < -0.39 is 0 Å². The van der Waals surface area contributed by atoms with Crippen LogP contribution >= 0.6 is 0 Å². The highest BCUT2D eigenvalue weighted by atomic mass is 15.2. The van der Waals surface area contributed by atoms with Crippen molar-refractivity contribution in [3.05, 3.63) is 29.3 Å². The third kappa shape index (κ3) is 3.02. The zero-order valence-electron chi connectivity index (χ0n) is 11.2. The summed E-state index contributed by atoms with van der Waals surface area (Å²) in [6, 6.07) is 8.63. The number of likely N-dealkylation sites (tertiary alicyclic amines) is 1. The zero-order valence-corrected chi connectivity index (χ0v) is 11.2. The molecular formula is C15H21N3. The largest absolute Gasteiger partial charge is 0.383 e. The SMILES string of the molecule is Cc1cc(C#N)ccc1NCC1CCCCN1C. The molecule has 1 aromatic rings. The van der Waals surface area contributed by atoms with Crippen molar-refractivity contribution in [3.8, 4) is 6.07 Å². The van der Waals surface area contributed by atoms with Gasteiger partial charge in [-0.25, -0.2) is 0 Å². The Labute approximate surface area is 109 Å². The van der Waals surface area contributed by atoms with E-state index in [4.69, 9.17) is 5.26 Å². The summed E-state index contributed by atoms with van der Waals surface area (Å²) in [6.45, 7) is 4.25. The maximum Gasteiger partial charge on any atom is 0.0991 e. The van der Waals surface area contributed by atoms with Crippen LogP contribution in [0.4, 0.5) is 5.69 Å². The van der Waals surface area contributed by atoms with Gasteiger partial charge in [-0.1, -0.05) is 6.42 Å². The average molecular weight is 243 g/mol. The highest BCUT2D eigenvalue weighted by molar-refractivity contribution is 5.54. The summed E-state index contributed by atoms with van der Waals surface area (Å²) in [7, 11) is 2.21. The van der Waals surface area contributed by atoms with E-state index in [1.54, 1.807) is 0 Å². The number of nitrogens with one attached hydrogen (secondary N) is 1. The first kappa shape index (κ1) is 12.9. The van der Waals surface area contributed by atoms with E-state index in [-0.39, 0.29) is 0 Å². The minimum absolute atomic E-state index is 0.633. The first-order valence-corrected chi connectivity index (χ1v) is 6.65. The monoisotopic (exact) mass is 243 g/mol. The summed E-state index contributed by atoms with van der Waals surface area (Å²) in [6.07, 6.45) is 3.94. The summed E-state index contributed by atoms with van der Waals surface area (Å²) in [4.78, 5) is 2.44. The van der Waals surface area contributed by atoms with Crippen LogP contribution in [0.5, 0.6) is 0 Å². The smallest absolute Gasteiger partial charge is 0.0991 e. The first-order chi connectivity index (χ1) is 8.70. The van der Waals surface area contributed by atoms with E-state index in [0.29, 0.717) is 6.04 Å². The number of anilines is 1. The number of likely N-dealkylation sites (N-methyl/N-ethyl adjacent to an activating group) is 1. The van der Waals surface area contributed by atoms with Gasteiger partial charge in [0.2, 0.25) is 0 Å². The van der Waals surface area contributed by atoms with Crippen molar-refractivity contribution in [2.75, 3.05) is 25.5 Å². The van der Waals surface area contributed by atoms with Gasteiger partial charge < -0.3 is 10.2 Å². The fourth-order valence-corrected chi connectivity index (χ4v) is 2.56. The molecule has 3 heteroatoms. The van der Waals surface area contributed by atoms with Crippen molar-refractivity contribution in [3.63, 3.8) is 0 Å². The third-order valence-electron chi connectivity index (χ3n) is 3.81. The third-order valence-corrected chi connectivity index (χ3v) is 3.81. The van der Waals surface area contributed by atoms with E-state index in [2.05, 4.69) is 23.3 Å². The molecule has 0 spiro atoms. The molecule has 0 aliphatic carbocycles. The molecule has 0 amide bonds. The molecule has 1 N–H and O–H groups in total. The molecule has 96 valence electrons. The van der Waals surface area contributed by atoms with Crippen LogP contribution in [0.25, 0.3) is 0 Å². The Hall–Kier alpha value is -1.53. The predicted molar refractivity (Wildman–Crippen MR) is 74.7 cm³/mol. The number of nitriles is 1. The minimum atomic E-state index is 0.633. The Kier molecular flexibility index (Phi) is 4.22. The quantitative estimate of drug-likeness (QED) is 0.887. The van der Waals surface area contributed by atoms with Crippen molar-refractivity contribution in [1.29, 1.82) is 5.26 Å². The molecule has 1 unspecified atom stereocenters. The lowest BCUT2D eigenvalue weighted by molar-refractivity contribution is 0.194. The number of hydrogen-bond acceptors (Lipinski definition) is 3. The fraction of sp³-hybridized carbons (Fsp3) is 0.533. The lowest BCUT2D eigenvalue weighted by Gasteiger charge is -2.32. The van der Waals surface area contributed by atoms with E-state index in [1.807, 2.05) is 25.1 Å². The average Bonchev–Trinajstić information content (AvgIpc) is 2.39. The lowest BCUT2D eigenvalue weighted by atomic mass is 10.0. The zero-order chi connectivity index (χ0) is 13.0. The van der Waals surface area contributed by atoms with Crippen LogP contribution in [0.15, 0.2) is 18.2 Å². The molecule has 2 rings (SSSR count). The van der Waals surface area contributed by atoms with E-state index in [9.17, 15) is 0 Å². The molecule has 0 bridgehead atoms. The van der Waals surface area contributed by atoms with Crippen molar-refractivity contribution >= 4 is 5.69 Å². The van der Waals surface area contributed by atoms with Crippen molar-refractivity contribution in [2.24, 2.45) is 0 Å². The number of piperidine rings is 1. The molecular weight excluding hydrogens is 222 g/mol. The van der Waals surface area contributed by atoms with Crippen molar-refractivity contribution in [1.82, 2.24) is 4.90 Å². The van der Waals surface area contributed by atoms with Gasteiger partial charge >= 0.3 is 0 Å². The Bertz CT molecular complexity index is 448. The van der Waals surface area contributed by atoms with Gasteiger partial charge in [-0.2, -0.15) is 5.26 Å². The Morgan fingerprint density at radius 3 is 2.94 bits per heavy atom. The van der Waals surface area contributed by atoms with Crippen LogP contribution < -0.4 is 5.32 Å². The van der Waals surface area contributed by atoms with Crippen LogP contribution in [-0.2, 0) is 0 Å². The molecule has 1 saturated heterocycles. The van der Waals surface area contributed by atoms with Crippen molar-refractivity contribution in [2.45, 2.75) is 32.2 Å². The first-order valence-electron chi connectivity index (χ1n) is 6.65. The molecule has 3 nitrogen and oxygen atoms in total. The standard InChI is InChI=1S/C15H21N3/c1-12-9-13(10-16)6-7-15(12)17-11-14-5-3-4-8-18(14)2/h6-7,9,14,17H,3-5,8,11H2,1-2H3. The number of nitrogens with zero attached hydrogens (tertiary/aromatic N) is 2. The molecule has 1 aliphatic rings. The molecule has 0 radical (unpaired) electrons. The van der Waals surface area contributed by atoms with Crippen LogP contribution in [0.2, 0.25) is 0 Å². The summed E-state index contributed by atoms with van der Waals surface area (Å²) >= 11 is 0. The van der Waals surface area contributed by atoms with Gasteiger partial charge in [0.1, 0.15) is 0 Å². The highest BCUT2D eigenvalue weighted by Gasteiger charge is 2.18. The van der Waals surface area contributed by atoms with Gasteiger partial charge in [-0.05, 0) is 57.1 Å². The van der Waals surface area contributed by atoms with Gasteiger partial charge in [-0.3, -0.25) is 0 Å². The van der Waals surface area contributed by atoms with Gasteiger partial charge in [0.15, 0.2) is 0 Å². The summed E-state index contributed by atoms with van der Waals surface area (Å²) in [5.74, 6) is 0. The Morgan fingerprint density at radius 2 is 2.28 bits per heavy atom. The molecule has 0 aromatic heterocycles. The molecule has 0 saturated carbocycles. The van der Waals surface area contributed by atoms with E-state index >= 15 is 0 Å². The van der Waals surface area contributed by atoms with Gasteiger partial charge in [-0.15, -0.1) is 0 Å². The van der Waals surface area contributed by atoms with Gasteiger partial charge in [0.05, 0.1) is 11.6 Å². The van der Waals surface area contributed by atoms with Gasteiger partial charge in [0.25, 0.3) is 0 Å². The van der Waals surface area contributed by atoms with Crippen molar-refractivity contribution < 1.29 is 0 Å². The van der Waals surface area contributed by atoms with E-state index in [0.717, 1.165) is 23.4 Å². The second kappa shape index (κ2) is 5.88. The van der Waals surface area contributed by atoms with Crippen LogP contribution in [0.3, 0.4) is 0 Å². The van der Waals surface area contributed by atoms with Gasteiger partial charge in [0, 0.05) is 18.3 Å². The van der Waals surface area contributed by atoms with Crippen LogP contribution in [0.1, 0.15) is 30.4 Å². The lowest BCUT2D eigenvalue weighted by Crippen LogP contribution is -2.40. The predicted octanol–water partition coefficient (Wildman–Crippen LogP) is 2.76. The maximum atomic E-state index is 8.84. The Morgan fingerprint density at radius 1 is 1.44 bits per heavy atom. The van der Waals surface area contributed by atoms with Crippen LogP contribution in [0, 0.1) is 18.3 Å². The second-order valence-corrected chi connectivity index (χ2v) is 5.15. The highest BCUT2D eigenvalue weighted by Crippen LogP contribution is 2.19. The van der Waals surface area contributed by atoms with Crippen LogP contribution in [-0.4, -0.2) is 31.1 Å². The molecule has 1 fully saturated rings. The summed E-state index contributed by atoms with van der Waals surface area (Å²) in [5.41, 5.74) is 3.02. The minimum Gasteiger partial charge on any atom is -0.383 e. The molecule has 1 heterocycles. The summed E-state index contributed by atoms with van der Waals surface area (Å²) in [5, 5.41) is 12.4. The fourth-order valence-electron chi connectivity index (χ4n) is 2.56. The molecule has 1 aromatic carbocycles. The maximum absolute atomic E-state index is 8.84. The summed E-state index contributed by atoms with van der Waals surface area (Å²) < 4.78 is 0. The number of rotatable bonds is 3. The number of aryl methyl sites for hydroxylation is 1. The number of benzene rings is 1. The molecule has 1 aliphatic heterocycles. The molecule has 1 atom stereocenters. The normalized spacial score (nSPS) is 20.4.